The molecule has 1 aromatic carbocycles. The maximum atomic E-state index is 12.7. The van der Waals surface area contributed by atoms with Crippen molar-refractivity contribution in [1.82, 2.24) is 4.98 Å². The molecule has 0 aliphatic carbocycles. The molecule has 0 saturated carbocycles. The van der Waals surface area contributed by atoms with Gasteiger partial charge >= 0.3 is 0 Å². The third kappa shape index (κ3) is 5.54. The number of aliphatic hydroxyl groups is 1. The van der Waals surface area contributed by atoms with Crippen molar-refractivity contribution in [2.75, 3.05) is 0 Å². The van der Waals surface area contributed by atoms with Gasteiger partial charge in [0, 0.05) is 5.69 Å². The molecule has 0 radical (unpaired) electrons. The smallest absolute Gasteiger partial charge is 0.227 e. The molecule has 30 heavy (non-hydrogen) atoms. The Labute approximate surface area is 184 Å². The summed E-state index contributed by atoms with van der Waals surface area (Å²) in [6.45, 7) is 13.0. The summed E-state index contributed by atoms with van der Waals surface area (Å²) in [4.78, 5) is 17.0. The lowest BCUT2D eigenvalue weighted by Crippen LogP contribution is -2.14. The van der Waals surface area contributed by atoms with Gasteiger partial charge < -0.3 is 13.7 Å². The summed E-state index contributed by atoms with van der Waals surface area (Å²) in [7, 11) is -1.89. The molecule has 1 aromatic heterocycles. The summed E-state index contributed by atoms with van der Waals surface area (Å²) < 4.78 is 17.0. The SMILES string of the molecule is Cc1nc(C(C)(C)O)sc1[S-](=O)=NC(=O)Cc1c(C(C)C)cc(C#N)cc1C(C)C. The Hall–Kier alpha value is -2.08. The normalized spacial score (nSPS) is 13.1. The van der Waals surface area contributed by atoms with Crippen LogP contribution in [0.1, 0.15) is 86.3 Å². The second-order valence-corrected chi connectivity index (χ2v) is 10.8. The Kier molecular flexibility index (Phi) is 7.56. The summed E-state index contributed by atoms with van der Waals surface area (Å²) in [5.41, 5.74) is 2.64. The quantitative estimate of drug-likeness (QED) is 0.624. The van der Waals surface area contributed by atoms with Crippen LogP contribution in [0.25, 0.3) is 0 Å². The van der Waals surface area contributed by atoms with Gasteiger partial charge in [-0.25, -0.2) is 4.98 Å². The van der Waals surface area contributed by atoms with E-state index < -0.39 is 22.1 Å². The van der Waals surface area contributed by atoms with Crippen LogP contribution < -0.4 is 0 Å². The number of hydrogen-bond acceptors (Lipinski definition) is 7. The van der Waals surface area contributed by atoms with Gasteiger partial charge in [-0.1, -0.05) is 27.7 Å². The lowest BCUT2D eigenvalue weighted by molar-refractivity contribution is -0.117. The molecule has 0 atom stereocenters. The lowest BCUT2D eigenvalue weighted by atomic mass is 9.85. The number of carbonyl (C=O) groups is 1. The average molecular weight is 447 g/mol. The highest BCUT2D eigenvalue weighted by molar-refractivity contribution is 7.78. The van der Waals surface area contributed by atoms with Crippen molar-refractivity contribution in [3.8, 4) is 6.07 Å². The standard InChI is InChI=1S/C22H28N3O3S2/c1-12(2)16-8-15(11-23)9-17(13(3)4)18(16)10-19(26)25-30(28)20-14(5)24-21(29-20)22(6,7)27/h8-9,12-13,27H,10H2,1-7H3/q-1. The van der Waals surface area contributed by atoms with E-state index in [9.17, 15) is 19.4 Å². The Morgan fingerprint density at radius 2 is 1.80 bits per heavy atom. The van der Waals surface area contributed by atoms with Crippen molar-refractivity contribution in [3.05, 3.63) is 45.1 Å². The first kappa shape index (κ1) is 24.2. The number of amides is 1. The molecular weight excluding hydrogens is 418 g/mol. The molecule has 2 rings (SSSR count). The van der Waals surface area contributed by atoms with Crippen LogP contribution in [0.15, 0.2) is 20.7 Å². The van der Waals surface area contributed by atoms with Gasteiger partial charge in [-0.05, 0) is 65.6 Å². The third-order valence-electron chi connectivity index (χ3n) is 4.64. The second-order valence-electron chi connectivity index (χ2n) is 8.42. The van der Waals surface area contributed by atoms with Crippen molar-refractivity contribution < 1.29 is 14.1 Å². The summed E-state index contributed by atoms with van der Waals surface area (Å²) >= 11 is 1.10. The van der Waals surface area contributed by atoms with Crippen LogP contribution in [-0.4, -0.2) is 16.0 Å². The van der Waals surface area contributed by atoms with Gasteiger partial charge in [0.1, 0.15) is 10.6 Å². The lowest BCUT2D eigenvalue weighted by Gasteiger charge is -2.20. The molecule has 1 N–H and O–H groups in total. The van der Waals surface area contributed by atoms with Crippen molar-refractivity contribution >= 4 is 27.8 Å². The van der Waals surface area contributed by atoms with Gasteiger partial charge in [0.05, 0.1) is 18.1 Å². The van der Waals surface area contributed by atoms with Crippen LogP contribution in [0.4, 0.5) is 0 Å². The van der Waals surface area contributed by atoms with Gasteiger partial charge in [-0.15, -0.1) is 21.9 Å². The van der Waals surface area contributed by atoms with Gasteiger partial charge in [0.2, 0.25) is 5.91 Å². The number of benzene rings is 1. The van der Waals surface area contributed by atoms with Crippen LogP contribution in [0.5, 0.6) is 0 Å². The highest BCUT2D eigenvalue weighted by Crippen LogP contribution is 2.31. The van der Waals surface area contributed by atoms with Gasteiger partial charge in [-0.2, -0.15) is 5.26 Å². The van der Waals surface area contributed by atoms with Crippen molar-refractivity contribution in [2.45, 2.75) is 76.5 Å². The number of nitriles is 1. The summed E-state index contributed by atoms with van der Waals surface area (Å²) in [6, 6.07) is 5.83. The van der Waals surface area contributed by atoms with E-state index in [1.54, 1.807) is 20.8 Å². The number of thiazole rings is 1. The number of carbonyl (C=O) groups excluding carboxylic acids is 1. The molecule has 0 saturated heterocycles. The first-order chi connectivity index (χ1) is 13.8. The minimum Gasteiger partial charge on any atom is -0.439 e. The Morgan fingerprint density at radius 3 is 2.20 bits per heavy atom. The minimum atomic E-state index is -1.89. The van der Waals surface area contributed by atoms with E-state index in [0.29, 0.717) is 20.5 Å². The van der Waals surface area contributed by atoms with E-state index in [1.807, 2.05) is 39.8 Å². The second kappa shape index (κ2) is 9.38. The number of rotatable bonds is 6. The van der Waals surface area contributed by atoms with E-state index in [4.69, 9.17) is 0 Å². The monoisotopic (exact) mass is 446 g/mol. The van der Waals surface area contributed by atoms with Gasteiger partial charge in [0.25, 0.3) is 0 Å². The maximum Gasteiger partial charge on any atom is 0.227 e. The molecule has 1 heterocycles. The first-order valence-electron chi connectivity index (χ1n) is 9.78. The Bertz CT molecular complexity index is 1050. The molecule has 2 aromatic rings. The first-order valence-corrected chi connectivity index (χ1v) is 11.7. The number of hydrogen-bond donors (Lipinski definition) is 1. The fourth-order valence-electron chi connectivity index (χ4n) is 3.14. The third-order valence-corrected chi connectivity index (χ3v) is 7.57. The van der Waals surface area contributed by atoms with Crippen molar-refractivity contribution in [3.63, 3.8) is 0 Å². The zero-order valence-corrected chi connectivity index (χ0v) is 20.1. The van der Waals surface area contributed by atoms with E-state index in [-0.39, 0.29) is 18.3 Å². The molecule has 162 valence electrons. The summed E-state index contributed by atoms with van der Waals surface area (Å²) in [5, 5.41) is 19.9. The molecule has 8 heteroatoms. The van der Waals surface area contributed by atoms with Crippen molar-refractivity contribution in [1.29, 1.82) is 5.26 Å². The highest BCUT2D eigenvalue weighted by atomic mass is 32.2. The molecule has 0 bridgehead atoms. The van der Waals surface area contributed by atoms with Crippen LogP contribution in [0, 0.1) is 18.3 Å². The Morgan fingerprint density at radius 1 is 1.27 bits per heavy atom. The molecule has 0 aliphatic heterocycles. The largest absolute Gasteiger partial charge is 0.439 e. The Balaban J connectivity index is 2.44. The highest BCUT2D eigenvalue weighted by Gasteiger charge is 2.21. The number of nitrogens with zero attached hydrogens (tertiary/aromatic N) is 3. The average Bonchev–Trinajstić information content (AvgIpc) is 3.03. The zero-order chi connectivity index (χ0) is 22.8. The van der Waals surface area contributed by atoms with Gasteiger partial charge in [0.15, 0.2) is 0 Å². The maximum absolute atomic E-state index is 12.7. The molecule has 0 aliphatic rings. The predicted molar refractivity (Wildman–Crippen MR) is 119 cm³/mol. The van der Waals surface area contributed by atoms with Crippen LogP contribution in [0.3, 0.4) is 0 Å². The minimum absolute atomic E-state index is 0.0225. The number of aryl methyl sites for hydroxylation is 1. The van der Waals surface area contributed by atoms with Crippen LogP contribution in [0.2, 0.25) is 0 Å². The molecule has 0 fully saturated rings. The van der Waals surface area contributed by atoms with Crippen LogP contribution in [-0.2, 0) is 31.6 Å². The summed E-state index contributed by atoms with van der Waals surface area (Å²) in [5.74, 6) is -0.233. The van der Waals surface area contributed by atoms with Gasteiger partial charge in [-0.3, -0.25) is 4.79 Å². The topological polar surface area (TPSA) is 103 Å². The van der Waals surface area contributed by atoms with Crippen molar-refractivity contribution in [2.24, 2.45) is 4.36 Å². The molecule has 1 amide bonds. The van der Waals surface area contributed by atoms with Crippen LogP contribution >= 0.6 is 11.3 Å². The van der Waals surface area contributed by atoms with E-state index in [0.717, 1.165) is 28.0 Å². The molecule has 0 unspecified atom stereocenters. The number of aromatic nitrogens is 1. The fourth-order valence-corrected chi connectivity index (χ4v) is 5.21. The van der Waals surface area contributed by atoms with E-state index in [2.05, 4.69) is 15.4 Å². The fraction of sp³-hybridized carbons (Fsp3) is 0.500. The molecule has 0 spiro atoms. The molecular formula is C22H28N3O3S2-. The predicted octanol–water partition coefficient (Wildman–Crippen LogP) is 5.07. The summed E-state index contributed by atoms with van der Waals surface area (Å²) in [6.07, 6.45) is 0.0225. The van der Waals surface area contributed by atoms with E-state index in [1.165, 1.54) is 0 Å². The molecule has 6 nitrogen and oxygen atoms in total. The zero-order valence-electron chi connectivity index (χ0n) is 18.4. The van der Waals surface area contributed by atoms with E-state index >= 15 is 0 Å².